The van der Waals surface area contributed by atoms with Crippen molar-refractivity contribution < 1.29 is 5.11 Å². The molecule has 1 atom stereocenters. The molecule has 2 aromatic rings. The number of nitrogens with one attached hydrogen (secondary N) is 1. The van der Waals surface area contributed by atoms with Crippen molar-refractivity contribution >= 4 is 29.9 Å². The molecule has 1 aliphatic heterocycles. The lowest BCUT2D eigenvalue weighted by molar-refractivity contribution is 0.188. The SMILES string of the molecule is CCNC(=NCc1ccc(Cn2ccnc2)cc1)N1CC[C@@H](O)C1.I. The lowest BCUT2D eigenvalue weighted by Crippen LogP contribution is -2.40. The van der Waals surface area contributed by atoms with E-state index in [-0.39, 0.29) is 30.1 Å². The van der Waals surface area contributed by atoms with Gasteiger partial charge in [0, 0.05) is 38.6 Å². The Labute approximate surface area is 166 Å². The molecule has 2 heterocycles. The van der Waals surface area contributed by atoms with Crippen molar-refractivity contribution in [1.29, 1.82) is 0 Å². The molecule has 0 radical (unpaired) electrons. The minimum Gasteiger partial charge on any atom is -0.391 e. The lowest BCUT2D eigenvalue weighted by Gasteiger charge is -2.20. The summed E-state index contributed by atoms with van der Waals surface area (Å²) in [5.41, 5.74) is 2.43. The number of rotatable bonds is 5. The molecular formula is C18H26IN5O. The minimum absolute atomic E-state index is 0. The molecule has 1 saturated heterocycles. The van der Waals surface area contributed by atoms with Crippen LogP contribution in [0.5, 0.6) is 0 Å². The first-order valence-corrected chi connectivity index (χ1v) is 8.49. The second-order valence-electron chi connectivity index (χ2n) is 6.11. The van der Waals surface area contributed by atoms with Crippen LogP contribution in [0, 0.1) is 0 Å². The molecule has 25 heavy (non-hydrogen) atoms. The van der Waals surface area contributed by atoms with Crippen molar-refractivity contribution in [3.05, 3.63) is 54.1 Å². The second kappa shape index (κ2) is 9.76. The van der Waals surface area contributed by atoms with Gasteiger partial charge in [0.15, 0.2) is 5.96 Å². The third kappa shape index (κ3) is 5.71. The maximum Gasteiger partial charge on any atom is 0.194 e. The third-order valence-electron chi connectivity index (χ3n) is 4.16. The van der Waals surface area contributed by atoms with Crippen molar-refractivity contribution in [2.45, 2.75) is 32.5 Å². The predicted octanol–water partition coefficient (Wildman–Crippen LogP) is 2.08. The van der Waals surface area contributed by atoms with Crippen LogP contribution in [0.1, 0.15) is 24.5 Å². The van der Waals surface area contributed by atoms with Crippen LogP contribution in [-0.2, 0) is 13.1 Å². The molecule has 6 nitrogen and oxygen atoms in total. The van der Waals surface area contributed by atoms with Gasteiger partial charge in [0.1, 0.15) is 0 Å². The molecular weight excluding hydrogens is 429 g/mol. The summed E-state index contributed by atoms with van der Waals surface area (Å²) in [6.45, 7) is 5.88. The number of aliphatic imine (C=N–C) groups is 1. The fourth-order valence-electron chi connectivity index (χ4n) is 2.87. The number of aromatic nitrogens is 2. The molecule has 0 aliphatic carbocycles. The molecule has 136 valence electrons. The summed E-state index contributed by atoms with van der Waals surface area (Å²) >= 11 is 0. The fraction of sp³-hybridized carbons (Fsp3) is 0.444. The van der Waals surface area contributed by atoms with Gasteiger partial charge in [-0.25, -0.2) is 9.98 Å². The quantitative estimate of drug-likeness (QED) is 0.412. The van der Waals surface area contributed by atoms with Crippen molar-refractivity contribution in [1.82, 2.24) is 19.8 Å². The zero-order valence-corrected chi connectivity index (χ0v) is 16.8. The van der Waals surface area contributed by atoms with E-state index < -0.39 is 0 Å². The van der Waals surface area contributed by atoms with Gasteiger partial charge in [0.25, 0.3) is 0 Å². The minimum atomic E-state index is -0.240. The molecule has 0 spiro atoms. The molecule has 1 fully saturated rings. The fourth-order valence-corrected chi connectivity index (χ4v) is 2.87. The van der Waals surface area contributed by atoms with Gasteiger partial charge >= 0.3 is 0 Å². The summed E-state index contributed by atoms with van der Waals surface area (Å²) in [6.07, 6.45) is 6.15. The van der Waals surface area contributed by atoms with Crippen LogP contribution in [-0.4, -0.2) is 51.3 Å². The molecule has 0 unspecified atom stereocenters. The number of β-amino-alcohol motifs (C(OH)–C–C–N with tert-alkyl or cyclic N) is 1. The van der Waals surface area contributed by atoms with E-state index in [1.165, 1.54) is 11.1 Å². The Morgan fingerprint density at radius 3 is 2.68 bits per heavy atom. The molecule has 0 saturated carbocycles. The van der Waals surface area contributed by atoms with Gasteiger partial charge < -0.3 is 19.9 Å². The second-order valence-corrected chi connectivity index (χ2v) is 6.11. The summed E-state index contributed by atoms with van der Waals surface area (Å²) in [5, 5.41) is 13.0. The number of aliphatic hydroxyl groups is 1. The highest BCUT2D eigenvalue weighted by atomic mass is 127. The summed E-state index contributed by atoms with van der Waals surface area (Å²) < 4.78 is 2.05. The summed E-state index contributed by atoms with van der Waals surface area (Å²) in [5.74, 6) is 0.886. The Morgan fingerprint density at radius 2 is 2.08 bits per heavy atom. The van der Waals surface area contributed by atoms with Gasteiger partial charge in [-0.2, -0.15) is 0 Å². The number of benzene rings is 1. The van der Waals surface area contributed by atoms with Gasteiger partial charge in [0.2, 0.25) is 0 Å². The topological polar surface area (TPSA) is 65.7 Å². The number of imidazole rings is 1. The number of hydrogen-bond acceptors (Lipinski definition) is 3. The van der Waals surface area contributed by atoms with Crippen LogP contribution in [0.2, 0.25) is 0 Å². The van der Waals surface area contributed by atoms with Crippen LogP contribution in [0.4, 0.5) is 0 Å². The van der Waals surface area contributed by atoms with Crippen LogP contribution in [0.3, 0.4) is 0 Å². The Morgan fingerprint density at radius 1 is 1.32 bits per heavy atom. The number of guanidine groups is 1. The average molecular weight is 455 g/mol. The normalized spacial score (nSPS) is 17.4. The van der Waals surface area contributed by atoms with Crippen LogP contribution < -0.4 is 5.32 Å². The van der Waals surface area contributed by atoms with E-state index in [0.29, 0.717) is 13.1 Å². The van der Waals surface area contributed by atoms with E-state index in [4.69, 9.17) is 4.99 Å². The van der Waals surface area contributed by atoms with E-state index in [1.807, 2.05) is 12.5 Å². The van der Waals surface area contributed by atoms with E-state index in [0.717, 1.165) is 32.0 Å². The van der Waals surface area contributed by atoms with Crippen LogP contribution in [0.15, 0.2) is 48.0 Å². The van der Waals surface area contributed by atoms with Crippen molar-refractivity contribution in [3.63, 3.8) is 0 Å². The molecule has 1 aliphatic rings. The largest absolute Gasteiger partial charge is 0.391 e. The molecule has 1 aromatic heterocycles. The maximum absolute atomic E-state index is 9.71. The number of hydrogen-bond donors (Lipinski definition) is 2. The number of nitrogens with zero attached hydrogens (tertiary/aromatic N) is 4. The third-order valence-corrected chi connectivity index (χ3v) is 4.16. The van der Waals surface area contributed by atoms with E-state index in [9.17, 15) is 5.11 Å². The molecule has 0 amide bonds. The summed E-state index contributed by atoms with van der Waals surface area (Å²) in [6, 6.07) is 8.52. The van der Waals surface area contributed by atoms with Gasteiger partial charge in [-0.15, -0.1) is 24.0 Å². The Balaban J connectivity index is 0.00000225. The molecule has 1 aromatic carbocycles. The number of likely N-dealkylation sites (tertiary alicyclic amines) is 1. The Hall–Kier alpha value is -1.61. The maximum atomic E-state index is 9.71. The van der Waals surface area contributed by atoms with Crippen molar-refractivity contribution in [2.75, 3.05) is 19.6 Å². The van der Waals surface area contributed by atoms with Gasteiger partial charge in [-0.05, 0) is 24.5 Å². The molecule has 7 heteroatoms. The standard InChI is InChI=1S/C18H25N5O.HI/c1-2-20-18(23-9-7-17(24)13-23)21-11-15-3-5-16(6-4-15)12-22-10-8-19-14-22;/h3-6,8,10,14,17,24H,2,7,9,11-13H2,1H3,(H,20,21);1H/t17-;/m1./s1. The highest BCUT2D eigenvalue weighted by Crippen LogP contribution is 2.11. The van der Waals surface area contributed by atoms with Gasteiger partial charge in [0.05, 0.1) is 19.0 Å². The lowest BCUT2D eigenvalue weighted by atomic mass is 10.1. The average Bonchev–Trinajstić information content (AvgIpc) is 3.24. The van der Waals surface area contributed by atoms with Crippen LogP contribution >= 0.6 is 24.0 Å². The Bertz CT molecular complexity index is 657. The van der Waals surface area contributed by atoms with E-state index in [2.05, 4.69) is 51.0 Å². The molecule has 0 bridgehead atoms. The van der Waals surface area contributed by atoms with E-state index >= 15 is 0 Å². The van der Waals surface area contributed by atoms with Crippen molar-refractivity contribution in [2.24, 2.45) is 4.99 Å². The van der Waals surface area contributed by atoms with Crippen molar-refractivity contribution in [3.8, 4) is 0 Å². The molecule has 3 rings (SSSR count). The Kier molecular flexibility index (Phi) is 7.70. The highest BCUT2D eigenvalue weighted by Gasteiger charge is 2.22. The summed E-state index contributed by atoms with van der Waals surface area (Å²) in [4.78, 5) is 10.9. The van der Waals surface area contributed by atoms with E-state index in [1.54, 1.807) is 6.20 Å². The predicted molar refractivity (Wildman–Crippen MR) is 110 cm³/mol. The smallest absolute Gasteiger partial charge is 0.194 e. The highest BCUT2D eigenvalue weighted by molar-refractivity contribution is 14.0. The van der Waals surface area contributed by atoms with Gasteiger partial charge in [-0.3, -0.25) is 0 Å². The van der Waals surface area contributed by atoms with Crippen LogP contribution in [0.25, 0.3) is 0 Å². The van der Waals surface area contributed by atoms with Gasteiger partial charge in [-0.1, -0.05) is 24.3 Å². The first-order chi connectivity index (χ1) is 11.7. The zero-order valence-electron chi connectivity index (χ0n) is 14.5. The number of aliphatic hydroxyl groups excluding tert-OH is 1. The first-order valence-electron chi connectivity index (χ1n) is 8.49. The zero-order chi connectivity index (χ0) is 16.8. The monoisotopic (exact) mass is 455 g/mol. The first kappa shape index (κ1) is 19.7. The molecule has 2 N–H and O–H groups in total. The number of halogens is 1. The summed E-state index contributed by atoms with van der Waals surface area (Å²) in [7, 11) is 0.